The van der Waals surface area contributed by atoms with Gasteiger partial charge in [-0.25, -0.2) is 0 Å². The lowest BCUT2D eigenvalue weighted by molar-refractivity contribution is -0.140. The minimum absolute atomic E-state index is 0.00210. The first-order valence-electron chi connectivity index (χ1n) is 9.19. The summed E-state index contributed by atoms with van der Waals surface area (Å²) in [6.45, 7) is 0.684. The Hall–Kier alpha value is -3.32. The largest absolute Gasteiger partial charge is 0.508 e. The van der Waals surface area contributed by atoms with Gasteiger partial charge in [-0.2, -0.15) is 0 Å². The Morgan fingerprint density at radius 3 is 2.55 bits per heavy atom. The molecule has 1 atom stereocenters. The van der Waals surface area contributed by atoms with E-state index in [0.717, 1.165) is 0 Å². The average Bonchev–Trinajstić information content (AvgIpc) is 2.98. The van der Waals surface area contributed by atoms with Crippen LogP contribution in [-0.4, -0.2) is 54.2 Å². The number of aromatic hydroxyl groups is 1. The highest BCUT2D eigenvalue weighted by molar-refractivity contribution is 6.46. The van der Waals surface area contributed by atoms with Crippen LogP contribution in [0.4, 0.5) is 0 Å². The number of nitrogens with zero attached hydrogens (tertiary/aromatic N) is 1. The predicted molar refractivity (Wildman–Crippen MR) is 107 cm³/mol. The molecule has 1 unspecified atom stereocenters. The first kappa shape index (κ1) is 20.4. The Bertz CT molecular complexity index is 952. The topological polar surface area (TPSA) is 96.3 Å². The lowest BCUT2D eigenvalue weighted by atomic mass is 9.95. The Balaban J connectivity index is 2.16. The van der Waals surface area contributed by atoms with E-state index in [1.54, 1.807) is 43.5 Å². The second-order valence-electron chi connectivity index (χ2n) is 6.63. The number of carbonyl (C=O) groups is 2. The van der Waals surface area contributed by atoms with Gasteiger partial charge >= 0.3 is 0 Å². The van der Waals surface area contributed by atoms with Crippen LogP contribution in [0.25, 0.3) is 5.76 Å². The molecule has 0 bridgehead atoms. The van der Waals surface area contributed by atoms with E-state index in [2.05, 4.69) is 0 Å². The number of likely N-dealkylation sites (tertiary alicyclic amines) is 1. The summed E-state index contributed by atoms with van der Waals surface area (Å²) in [5.74, 6) is -1.42. The number of phenols is 1. The zero-order valence-electron chi connectivity index (χ0n) is 16.3. The Kier molecular flexibility index (Phi) is 6.19. The lowest BCUT2D eigenvalue weighted by Gasteiger charge is -2.25. The van der Waals surface area contributed by atoms with E-state index in [1.807, 2.05) is 0 Å². The summed E-state index contributed by atoms with van der Waals surface area (Å²) >= 11 is 0. The number of aliphatic hydroxyl groups is 1. The van der Waals surface area contributed by atoms with Crippen LogP contribution in [-0.2, 0) is 14.3 Å². The van der Waals surface area contributed by atoms with Crippen LogP contribution < -0.4 is 4.74 Å². The normalized spacial score (nSPS) is 18.3. The molecule has 1 saturated heterocycles. The number of methoxy groups -OCH3 is 2. The van der Waals surface area contributed by atoms with Crippen molar-refractivity contribution in [3.05, 3.63) is 65.2 Å². The summed E-state index contributed by atoms with van der Waals surface area (Å²) in [5, 5.41) is 20.9. The fourth-order valence-electron chi connectivity index (χ4n) is 3.52. The standard InChI is InChI=1S/C22H23NO6/c1-28-12-6-11-23-19(14-7-5-8-15(24)13-14)18(21(26)22(23)27)20(25)16-9-3-4-10-17(16)29-2/h3-5,7-10,13,19,24-25H,6,11-12H2,1-2H3/b20-18-. The van der Waals surface area contributed by atoms with Crippen LogP contribution in [0.3, 0.4) is 0 Å². The van der Waals surface area contributed by atoms with E-state index in [1.165, 1.54) is 24.1 Å². The maximum absolute atomic E-state index is 12.9. The second-order valence-corrected chi connectivity index (χ2v) is 6.63. The molecule has 7 heteroatoms. The molecule has 3 rings (SSSR count). The number of carbonyl (C=O) groups excluding carboxylic acids is 2. The summed E-state index contributed by atoms with van der Waals surface area (Å²) in [4.78, 5) is 27.1. The van der Waals surface area contributed by atoms with Crippen LogP contribution in [0.5, 0.6) is 11.5 Å². The Morgan fingerprint density at radius 1 is 1.10 bits per heavy atom. The molecule has 2 N–H and O–H groups in total. The molecule has 1 aliphatic heterocycles. The van der Waals surface area contributed by atoms with E-state index >= 15 is 0 Å². The summed E-state index contributed by atoms with van der Waals surface area (Å²) in [7, 11) is 3.02. The third-order valence-electron chi connectivity index (χ3n) is 4.84. The van der Waals surface area contributed by atoms with Crippen molar-refractivity contribution in [3.63, 3.8) is 0 Å². The number of ketones is 1. The van der Waals surface area contributed by atoms with Gasteiger partial charge in [0.05, 0.1) is 24.3 Å². The quantitative estimate of drug-likeness (QED) is 0.323. The van der Waals surface area contributed by atoms with Gasteiger partial charge in [0.2, 0.25) is 0 Å². The lowest BCUT2D eigenvalue weighted by Crippen LogP contribution is -2.31. The number of phenolic OH excluding ortho intramolecular Hbond substituents is 1. The van der Waals surface area contributed by atoms with E-state index < -0.39 is 17.7 Å². The highest BCUT2D eigenvalue weighted by Crippen LogP contribution is 2.41. The SMILES string of the molecule is COCCCN1C(=O)C(=O)/C(=C(\O)c2ccccc2OC)C1c1cccc(O)c1. The molecule has 2 aromatic rings. The van der Waals surface area contributed by atoms with Crippen LogP contribution in [0.2, 0.25) is 0 Å². The highest BCUT2D eigenvalue weighted by atomic mass is 16.5. The van der Waals surface area contributed by atoms with Crippen LogP contribution in [0.15, 0.2) is 54.1 Å². The maximum Gasteiger partial charge on any atom is 0.295 e. The minimum Gasteiger partial charge on any atom is -0.508 e. The molecule has 152 valence electrons. The number of hydrogen-bond donors (Lipinski definition) is 2. The monoisotopic (exact) mass is 397 g/mol. The van der Waals surface area contributed by atoms with Gasteiger partial charge in [-0.3, -0.25) is 9.59 Å². The molecule has 0 saturated carbocycles. The summed E-state index contributed by atoms with van der Waals surface area (Å²) < 4.78 is 10.4. The molecule has 1 amide bonds. The van der Waals surface area contributed by atoms with Crippen molar-refractivity contribution in [2.24, 2.45) is 0 Å². The molecule has 1 aliphatic rings. The minimum atomic E-state index is -0.830. The molecule has 0 spiro atoms. The van der Waals surface area contributed by atoms with Crippen molar-refractivity contribution in [3.8, 4) is 11.5 Å². The van der Waals surface area contributed by atoms with Crippen molar-refractivity contribution >= 4 is 17.4 Å². The van der Waals surface area contributed by atoms with Crippen molar-refractivity contribution in [2.45, 2.75) is 12.5 Å². The van der Waals surface area contributed by atoms with Gasteiger partial charge in [0.25, 0.3) is 11.7 Å². The van der Waals surface area contributed by atoms with Gasteiger partial charge in [-0.1, -0.05) is 24.3 Å². The summed E-state index contributed by atoms with van der Waals surface area (Å²) in [6.07, 6.45) is 0.521. The van der Waals surface area contributed by atoms with Gasteiger partial charge in [-0.05, 0) is 36.2 Å². The van der Waals surface area contributed by atoms with Crippen LogP contribution in [0.1, 0.15) is 23.6 Å². The second kappa shape index (κ2) is 8.79. The molecule has 0 aliphatic carbocycles. The van der Waals surface area contributed by atoms with Crippen molar-refractivity contribution < 1.29 is 29.3 Å². The number of benzene rings is 2. The van der Waals surface area contributed by atoms with E-state index in [-0.39, 0.29) is 23.6 Å². The zero-order valence-corrected chi connectivity index (χ0v) is 16.3. The Labute approximate surface area is 168 Å². The third kappa shape index (κ3) is 3.95. The first-order chi connectivity index (χ1) is 14.0. The fourth-order valence-corrected chi connectivity index (χ4v) is 3.52. The van der Waals surface area contributed by atoms with Gasteiger partial charge in [0, 0.05) is 20.3 Å². The molecule has 1 heterocycles. The molecule has 7 nitrogen and oxygen atoms in total. The number of para-hydroxylation sites is 1. The fraction of sp³-hybridized carbons (Fsp3) is 0.273. The van der Waals surface area contributed by atoms with Crippen molar-refractivity contribution in [1.82, 2.24) is 4.90 Å². The third-order valence-corrected chi connectivity index (χ3v) is 4.84. The van der Waals surface area contributed by atoms with E-state index in [4.69, 9.17) is 9.47 Å². The predicted octanol–water partition coefficient (Wildman–Crippen LogP) is 2.86. The molecule has 0 radical (unpaired) electrons. The number of amides is 1. The summed E-state index contributed by atoms with van der Waals surface area (Å²) in [6, 6.07) is 12.2. The summed E-state index contributed by atoms with van der Waals surface area (Å²) in [5.41, 5.74) is 0.802. The maximum atomic E-state index is 12.9. The molecular weight excluding hydrogens is 374 g/mol. The molecule has 29 heavy (non-hydrogen) atoms. The number of Topliss-reactive ketones (excluding diaryl/α,β-unsaturated/α-hetero) is 1. The zero-order chi connectivity index (χ0) is 21.0. The number of ether oxygens (including phenoxy) is 2. The van der Waals surface area contributed by atoms with Gasteiger partial charge in [0.15, 0.2) is 0 Å². The number of hydrogen-bond acceptors (Lipinski definition) is 6. The van der Waals surface area contributed by atoms with Crippen molar-refractivity contribution in [2.75, 3.05) is 27.4 Å². The molecule has 2 aromatic carbocycles. The van der Waals surface area contributed by atoms with Gasteiger partial charge in [-0.15, -0.1) is 0 Å². The molecule has 0 aromatic heterocycles. The smallest absolute Gasteiger partial charge is 0.295 e. The van der Waals surface area contributed by atoms with Crippen molar-refractivity contribution in [1.29, 1.82) is 0 Å². The van der Waals surface area contributed by atoms with E-state index in [0.29, 0.717) is 29.9 Å². The van der Waals surface area contributed by atoms with E-state index in [9.17, 15) is 19.8 Å². The van der Waals surface area contributed by atoms with Gasteiger partial charge in [0.1, 0.15) is 17.3 Å². The Morgan fingerprint density at radius 2 is 1.86 bits per heavy atom. The van der Waals surface area contributed by atoms with Crippen LogP contribution in [0, 0.1) is 0 Å². The molecule has 1 fully saturated rings. The molecular formula is C22H23NO6. The average molecular weight is 397 g/mol. The first-order valence-corrected chi connectivity index (χ1v) is 9.19. The highest BCUT2D eigenvalue weighted by Gasteiger charge is 2.46. The van der Waals surface area contributed by atoms with Gasteiger partial charge < -0.3 is 24.6 Å². The number of rotatable bonds is 7. The van der Waals surface area contributed by atoms with Crippen LogP contribution >= 0.6 is 0 Å². The number of aliphatic hydroxyl groups excluding tert-OH is 1.